The van der Waals surface area contributed by atoms with Crippen molar-refractivity contribution < 1.29 is 9.13 Å². The van der Waals surface area contributed by atoms with Crippen LogP contribution in [-0.2, 0) is 6.42 Å². The average molecular weight is 237 g/mol. The van der Waals surface area contributed by atoms with Crippen LogP contribution in [0.3, 0.4) is 0 Å². The summed E-state index contributed by atoms with van der Waals surface area (Å²) in [6.45, 7) is 3.12. The van der Waals surface area contributed by atoms with Gasteiger partial charge in [-0.3, -0.25) is 0 Å². The molecule has 1 aliphatic carbocycles. The van der Waals surface area contributed by atoms with Gasteiger partial charge in [0.25, 0.3) is 0 Å². The van der Waals surface area contributed by atoms with E-state index < -0.39 is 0 Å². The van der Waals surface area contributed by atoms with E-state index in [-0.39, 0.29) is 11.9 Å². The number of methoxy groups -OCH3 is 1. The molecule has 0 radical (unpaired) electrons. The van der Waals surface area contributed by atoms with Crippen molar-refractivity contribution in [2.24, 2.45) is 0 Å². The summed E-state index contributed by atoms with van der Waals surface area (Å²) in [6.07, 6.45) is 4.07. The molecule has 0 aliphatic heterocycles. The maximum absolute atomic E-state index is 13.9. The minimum absolute atomic E-state index is 0.123. The summed E-state index contributed by atoms with van der Waals surface area (Å²) >= 11 is 0. The molecule has 94 valence electrons. The molecule has 3 heteroatoms. The minimum Gasteiger partial charge on any atom is -0.497 e. The highest BCUT2D eigenvalue weighted by molar-refractivity contribution is 5.40. The van der Waals surface area contributed by atoms with Crippen LogP contribution in [0.1, 0.15) is 43.4 Å². The van der Waals surface area contributed by atoms with Crippen LogP contribution in [0.25, 0.3) is 0 Å². The Kier molecular flexibility index (Phi) is 4.00. The Bertz CT molecular complexity index is 392. The number of ether oxygens (including phenoxy) is 1. The standard InChI is InChI=1S/C14H20FNO/c1-3-7-16-14-6-4-5-11-12(14)8-10(17-2)9-13(11)15/h8-9,14,16H,3-7H2,1-2H3. The zero-order valence-corrected chi connectivity index (χ0v) is 10.6. The second-order valence-corrected chi connectivity index (χ2v) is 4.58. The number of rotatable bonds is 4. The number of halogens is 1. The first-order chi connectivity index (χ1) is 8.26. The quantitative estimate of drug-likeness (QED) is 0.868. The Morgan fingerprint density at radius 1 is 1.47 bits per heavy atom. The lowest BCUT2D eigenvalue weighted by Crippen LogP contribution is -2.26. The van der Waals surface area contributed by atoms with Crippen LogP contribution in [-0.4, -0.2) is 13.7 Å². The largest absolute Gasteiger partial charge is 0.497 e. The molecule has 1 aromatic carbocycles. The van der Waals surface area contributed by atoms with E-state index in [1.165, 1.54) is 6.07 Å². The van der Waals surface area contributed by atoms with Crippen LogP contribution in [0, 0.1) is 5.82 Å². The van der Waals surface area contributed by atoms with Crippen molar-refractivity contribution in [1.29, 1.82) is 0 Å². The molecule has 0 aromatic heterocycles. The lowest BCUT2D eigenvalue weighted by atomic mass is 9.87. The number of fused-ring (bicyclic) bond motifs is 1. The topological polar surface area (TPSA) is 21.3 Å². The Labute approximate surface area is 102 Å². The first kappa shape index (κ1) is 12.4. The van der Waals surface area contributed by atoms with Gasteiger partial charge in [-0.25, -0.2) is 4.39 Å². The summed E-state index contributed by atoms with van der Waals surface area (Å²) in [4.78, 5) is 0. The van der Waals surface area contributed by atoms with Gasteiger partial charge >= 0.3 is 0 Å². The number of benzene rings is 1. The highest BCUT2D eigenvalue weighted by atomic mass is 19.1. The molecule has 0 saturated carbocycles. The van der Waals surface area contributed by atoms with Crippen molar-refractivity contribution in [3.63, 3.8) is 0 Å². The second-order valence-electron chi connectivity index (χ2n) is 4.58. The Hall–Kier alpha value is -1.09. The van der Waals surface area contributed by atoms with Crippen LogP contribution in [0.4, 0.5) is 4.39 Å². The summed E-state index contributed by atoms with van der Waals surface area (Å²) in [6, 6.07) is 3.75. The van der Waals surface area contributed by atoms with Gasteiger partial charge in [0.05, 0.1) is 7.11 Å². The third kappa shape index (κ3) is 2.60. The SMILES string of the molecule is CCCNC1CCCc2c(F)cc(OC)cc21. The summed E-state index contributed by atoms with van der Waals surface area (Å²) in [5.74, 6) is 0.494. The van der Waals surface area contributed by atoms with E-state index in [1.54, 1.807) is 7.11 Å². The zero-order chi connectivity index (χ0) is 12.3. The van der Waals surface area contributed by atoms with E-state index in [9.17, 15) is 4.39 Å². The molecule has 0 spiro atoms. The van der Waals surface area contributed by atoms with E-state index >= 15 is 0 Å². The van der Waals surface area contributed by atoms with E-state index in [2.05, 4.69) is 12.2 Å². The van der Waals surface area contributed by atoms with Gasteiger partial charge in [-0.15, -0.1) is 0 Å². The molecule has 2 rings (SSSR count). The smallest absolute Gasteiger partial charge is 0.130 e. The summed E-state index contributed by atoms with van der Waals surface area (Å²) in [5, 5.41) is 3.48. The summed E-state index contributed by atoms with van der Waals surface area (Å²) < 4.78 is 19.1. The molecule has 1 unspecified atom stereocenters. The van der Waals surface area contributed by atoms with Gasteiger partial charge in [-0.2, -0.15) is 0 Å². The molecular weight excluding hydrogens is 217 g/mol. The molecule has 2 nitrogen and oxygen atoms in total. The second kappa shape index (κ2) is 5.50. The van der Waals surface area contributed by atoms with Gasteiger partial charge in [0.15, 0.2) is 0 Å². The van der Waals surface area contributed by atoms with Gasteiger partial charge in [-0.05, 0) is 49.4 Å². The van der Waals surface area contributed by atoms with E-state index in [0.29, 0.717) is 5.75 Å². The van der Waals surface area contributed by atoms with E-state index in [4.69, 9.17) is 4.74 Å². The van der Waals surface area contributed by atoms with Crippen molar-refractivity contribution in [2.45, 2.75) is 38.6 Å². The predicted octanol–water partition coefficient (Wildman–Crippen LogP) is 3.21. The summed E-state index contributed by atoms with van der Waals surface area (Å²) in [7, 11) is 1.58. The molecular formula is C14H20FNO. The Morgan fingerprint density at radius 3 is 3.00 bits per heavy atom. The molecule has 0 heterocycles. The van der Waals surface area contributed by atoms with Crippen molar-refractivity contribution in [3.8, 4) is 5.75 Å². The van der Waals surface area contributed by atoms with Gasteiger partial charge in [0, 0.05) is 12.1 Å². The van der Waals surface area contributed by atoms with Gasteiger partial charge in [-0.1, -0.05) is 6.92 Å². The van der Waals surface area contributed by atoms with Gasteiger partial charge in [0.2, 0.25) is 0 Å². The van der Waals surface area contributed by atoms with Crippen molar-refractivity contribution in [2.75, 3.05) is 13.7 Å². The molecule has 1 aromatic rings. The molecule has 0 fully saturated rings. The third-order valence-corrected chi connectivity index (χ3v) is 3.37. The zero-order valence-electron chi connectivity index (χ0n) is 10.6. The number of nitrogens with one attached hydrogen (secondary N) is 1. The Morgan fingerprint density at radius 2 is 2.29 bits per heavy atom. The molecule has 1 atom stereocenters. The van der Waals surface area contributed by atoms with Gasteiger partial charge in [0.1, 0.15) is 11.6 Å². The van der Waals surface area contributed by atoms with E-state index in [0.717, 1.165) is 43.4 Å². The molecule has 0 saturated heterocycles. The first-order valence-electron chi connectivity index (χ1n) is 6.36. The predicted molar refractivity (Wildman–Crippen MR) is 66.9 cm³/mol. The fourth-order valence-corrected chi connectivity index (χ4v) is 2.49. The van der Waals surface area contributed by atoms with E-state index in [1.807, 2.05) is 6.07 Å². The Balaban J connectivity index is 2.31. The highest BCUT2D eigenvalue weighted by Gasteiger charge is 2.23. The van der Waals surface area contributed by atoms with Crippen molar-refractivity contribution in [3.05, 3.63) is 29.1 Å². The number of hydrogen-bond acceptors (Lipinski definition) is 2. The molecule has 1 N–H and O–H groups in total. The first-order valence-corrected chi connectivity index (χ1v) is 6.36. The molecule has 1 aliphatic rings. The van der Waals surface area contributed by atoms with Gasteiger partial charge < -0.3 is 10.1 Å². The molecule has 17 heavy (non-hydrogen) atoms. The maximum Gasteiger partial charge on any atom is 0.130 e. The lowest BCUT2D eigenvalue weighted by molar-refractivity contribution is 0.401. The fraction of sp³-hybridized carbons (Fsp3) is 0.571. The van der Waals surface area contributed by atoms with Crippen LogP contribution in [0.15, 0.2) is 12.1 Å². The normalized spacial score (nSPS) is 18.9. The van der Waals surface area contributed by atoms with Crippen molar-refractivity contribution >= 4 is 0 Å². The maximum atomic E-state index is 13.9. The third-order valence-electron chi connectivity index (χ3n) is 3.37. The fourth-order valence-electron chi connectivity index (χ4n) is 2.49. The average Bonchev–Trinajstić information content (AvgIpc) is 2.36. The minimum atomic E-state index is -0.123. The lowest BCUT2D eigenvalue weighted by Gasteiger charge is -2.27. The monoisotopic (exact) mass is 237 g/mol. The van der Waals surface area contributed by atoms with Crippen LogP contribution in [0.2, 0.25) is 0 Å². The highest BCUT2D eigenvalue weighted by Crippen LogP contribution is 2.34. The summed E-state index contributed by atoms with van der Waals surface area (Å²) in [5.41, 5.74) is 1.95. The number of hydrogen-bond donors (Lipinski definition) is 1. The molecule has 0 amide bonds. The molecule has 0 bridgehead atoms. The van der Waals surface area contributed by atoms with Crippen LogP contribution < -0.4 is 10.1 Å². The van der Waals surface area contributed by atoms with Crippen LogP contribution >= 0.6 is 0 Å². The van der Waals surface area contributed by atoms with Crippen molar-refractivity contribution in [1.82, 2.24) is 5.32 Å². The van der Waals surface area contributed by atoms with Crippen LogP contribution in [0.5, 0.6) is 5.75 Å².